The number of hydrogen-bond acceptors (Lipinski definition) is 2. The van der Waals surface area contributed by atoms with Gasteiger partial charge in [-0.25, -0.2) is 0 Å². The van der Waals surface area contributed by atoms with Gasteiger partial charge in [0.25, 0.3) is 0 Å². The van der Waals surface area contributed by atoms with Crippen molar-refractivity contribution in [3.63, 3.8) is 0 Å². The van der Waals surface area contributed by atoms with Gasteiger partial charge >= 0.3 is 0 Å². The molecule has 1 aromatic rings. The average molecular weight is 295 g/mol. The molecule has 2 nitrogen and oxygen atoms in total. The molecule has 1 aliphatic heterocycles. The van der Waals surface area contributed by atoms with Crippen LogP contribution in [0.25, 0.3) is 0 Å². The molecular formula is C17H27ClN2. The molecule has 3 heteroatoms. The second kappa shape index (κ2) is 6.36. The summed E-state index contributed by atoms with van der Waals surface area (Å²) in [4.78, 5) is 2.52. The van der Waals surface area contributed by atoms with E-state index in [0.717, 1.165) is 18.1 Å². The van der Waals surface area contributed by atoms with Crippen molar-refractivity contribution in [2.24, 2.45) is 0 Å². The summed E-state index contributed by atoms with van der Waals surface area (Å²) >= 11 is 6.51. The molecule has 0 aromatic heterocycles. The van der Waals surface area contributed by atoms with Crippen molar-refractivity contribution in [1.29, 1.82) is 0 Å². The van der Waals surface area contributed by atoms with Crippen LogP contribution in [0.2, 0.25) is 5.02 Å². The van der Waals surface area contributed by atoms with E-state index in [9.17, 15) is 0 Å². The smallest absolute Gasteiger partial charge is 0.0643 e. The monoisotopic (exact) mass is 294 g/mol. The van der Waals surface area contributed by atoms with E-state index in [0.29, 0.717) is 6.04 Å². The van der Waals surface area contributed by atoms with Gasteiger partial charge in [0.2, 0.25) is 0 Å². The quantitative estimate of drug-likeness (QED) is 0.872. The molecular weight excluding hydrogens is 268 g/mol. The Balaban J connectivity index is 2.26. The Kier molecular flexibility index (Phi) is 4.98. The van der Waals surface area contributed by atoms with Gasteiger partial charge in [0, 0.05) is 24.7 Å². The summed E-state index contributed by atoms with van der Waals surface area (Å²) in [5, 5.41) is 4.46. The van der Waals surface area contributed by atoms with Crippen molar-refractivity contribution in [1.82, 2.24) is 5.32 Å². The zero-order valence-electron chi connectivity index (χ0n) is 13.2. The molecule has 1 aromatic carbocycles. The maximum Gasteiger partial charge on any atom is 0.0643 e. The lowest BCUT2D eigenvalue weighted by Crippen LogP contribution is -2.36. The third-order valence-corrected chi connectivity index (χ3v) is 4.32. The van der Waals surface area contributed by atoms with Gasteiger partial charge in [0.15, 0.2) is 0 Å². The van der Waals surface area contributed by atoms with E-state index in [1.165, 1.54) is 30.5 Å². The Morgan fingerprint density at radius 1 is 1.35 bits per heavy atom. The van der Waals surface area contributed by atoms with Crippen LogP contribution in [0.15, 0.2) is 18.2 Å². The summed E-state index contributed by atoms with van der Waals surface area (Å²) in [6, 6.07) is 6.92. The van der Waals surface area contributed by atoms with Crippen LogP contribution < -0.4 is 10.2 Å². The van der Waals surface area contributed by atoms with Crippen LogP contribution in [0, 0.1) is 0 Å². The first-order valence-corrected chi connectivity index (χ1v) is 8.09. The Morgan fingerprint density at radius 3 is 2.75 bits per heavy atom. The number of nitrogens with zero attached hydrogens (tertiary/aromatic N) is 1. The van der Waals surface area contributed by atoms with Gasteiger partial charge in [-0.3, -0.25) is 0 Å². The van der Waals surface area contributed by atoms with E-state index < -0.39 is 0 Å². The first kappa shape index (κ1) is 15.7. The van der Waals surface area contributed by atoms with Crippen molar-refractivity contribution in [3.8, 4) is 0 Å². The SMILES string of the molecule is CCC1CCCN1c1c(Cl)cccc1CNC(C)(C)C. The average Bonchev–Trinajstić information content (AvgIpc) is 2.83. The molecule has 0 aliphatic carbocycles. The molecule has 1 unspecified atom stereocenters. The summed E-state index contributed by atoms with van der Waals surface area (Å²) in [6.45, 7) is 10.9. The van der Waals surface area contributed by atoms with Crippen LogP contribution in [-0.4, -0.2) is 18.1 Å². The summed E-state index contributed by atoms with van der Waals surface area (Å²) in [7, 11) is 0. The number of para-hydroxylation sites is 1. The van der Waals surface area contributed by atoms with Gasteiger partial charge in [-0.15, -0.1) is 0 Å². The van der Waals surface area contributed by atoms with Gasteiger partial charge in [-0.1, -0.05) is 30.7 Å². The number of benzene rings is 1. The molecule has 1 saturated heterocycles. The summed E-state index contributed by atoms with van der Waals surface area (Å²) in [5.41, 5.74) is 2.68. The minimum absolute atomic E-state index is 0.120. The van der Waals surface area contributed by atoms with Crippen LogP contribution in [-0.2, 0) is 6.54 Å². The molecule has 0 bridgehead atoms. The fourth-order valence-electron chi connectivity index (χ4n) is 2.94. The molecule has 1 fully saturated rings. The molecule has 0 saturated carbocycles. The number of hydrogen-bond donors (Lipinski definition) is 1. The maximum atomic E-state index is 6.51. The molecule has 1 heterocycles. The van der Waals surface area contributed by atoms with Crippen molar-refractivity contribution in [3.05, 3.63) is 28.8 Å². The summed E-state index contributed by atoms with van der Waals surface area (Å²) in [5.74, 6) is 0. The molecule has 112 valence electrons. The number of nitrogens with one attached hydrogen (secondary N) is 1. The van der Waals surface area contributed by atoms with Crippen molar-refractivity contribution in [2.45, 2.75) is 65.1 Å². The van der Waals surface area contributed by atoms with E-state index in [-0.39, 0.29) is 5.54 Å². The zero-order valence-corrected chi connectivity index (χ0v) is 13.9. The lowest BCUT2D eigenvalue weighted by Gasteiger charge is -2.30. The minimum atomic E-state index is 0.120. The standard InChI is InChI=1S/C17H27ClN2/c1-5-14-9-7-11-20(14)16-13(8-6-10-15(16)18)12-19-17(2,3)4/h6,8,10,14,19H,5,7,9,11-12H2,1-4H3. The fraction of sp³-hybridized carbons (Fsp3) is 0.647. The molecule has 1 aliphatic rings. The largest absolute Gasteiger partial charge is 0.367 e. The Bertz CT molecular complexity index is 451. The predicted molar refractivity (Wildman–Crippen MR) is 88.7 cm³/mol. The van der Waals surface area contributed by atoms with Crippen LogP contribution in [0.1, 0.15) is 52.5 Å². The van der Waals surface area contributed by atoms with Gasteiger partial charge in [-0.2, -0.15) is 0 Å². The highest BCUT2D eigenvalue weighted by molar-refractivity contribution is 6.33. The van der Waals surface area contributed by atoms with Crippen LogP contribution >= 0.6 is 11.6 Å². The Morgan fingerprint density at radius 2 is 2.10 bits per heavy atom. The number of anilines is 1. The topological polar surface area (TPSA) is 15.3 Å². The third kappa shape index (κ3) is 3.67. The normalized spacial score (nSPS) is 19.6. The second-order valence-electron chi connectivity index (χ2n) is 6.75. The highest BCUT2D eigenvalue weighted by atomic mass is 35.5. The molecule has 1 atom stereocenters. The maximum absolute atomic E-state index is 6.51. The summed E-state index contributed by atoms with van der Waals surface area (Å²) in [6.07, 6.45) is 3.75. The van der Waals surface area contributed by atoms with Crippen LogP contribution in [0.4, 0.5) is 5.69 Å². The van der Waals surface area contributed by atoms with Gasteiger partial charge in [0.05, 0.1) is 10.7 Å². The van der Waals surface area contributed by atoms with E-state index >= 15 is 0 Å². The molecule has 20 heavy (non-hydrogen) atoms. The Labute approximate surface area is 128 Å². The highest BCUT2D eigenvalue weighted by Gasteiger charge is 2.26. The predicted octanol–water partition coefficient (Wildman–Crippen LogP) is 4.61. The lowest BCUT2D eigenvalue weighted by molar-refractivity contribution is 0.424. The number of halogens is 1. The highest BCUT2D eigenvalue weighted by Crippen LogP contribution is 2.36. The fourth-order valence-corrected chi connectivity index (χ4v) is 3.24. The van der Waals surface area contributed by atoms with Crippen molar-refractivity contribution in [2.75, 3.05) is 11.4 Å². The Hall–Kier alpha value is -0.730. The first-order valence-electron chi connectivity index (χ1n) is 7.71. The van der Waals surface area contributed by atoms with Gasteiger partial charge in [-0.05, 0) is 51.7 Å². The van der Waals surface area contributed by atoms with Gasteiger partial charge < -0.3 is 10.2 Å². The molecule has 0 radical (unpaired) electrons. The zero-order chi connectivity index (χ0) is 14.8. The second-order valence-corrected chi connectivity index (χ2v) is 7.16. The minimum Gasteiger partial charge on any atom is -0.367 e. The lowest BCUT2D eigenvalue weighted by atomic mass is 10.1. The first-order chi connectivity index (χ1) is 9.42. The molecule has 2 rings (SSSR count). The van der Waals surface area contributed by atoms with Crippen LogP contribution in [0.3, 0.4) is 0 Å². The molecule has 0 amide bonds. The third-order valence-electron chi connectivity index (χ3n) is 4.02. The van der Waals surface area contributed by atoms with Crippen molar-refractivity contribution >= 4 is 17.3 Å². The van der Waals surface area contributed by atoms with Crippen molar-refractivity contribution < 1.29 is 0 Å². The number of rotatable bonds is 4. The molecule has 1 N–H and O–H groups in total. The summed E-state index contributed by atoms with van der Waals surface area (Å²) < 4.78 is 0. The van der Waals surface area contributed by atoms with E-state index in [1.807, 2.05) is 6.07 Å². The van der Waals surface area contributed by atoms with Crippen LogP contribution in [0.5, 0.6) is 0 Å². The van der Waals surface area contributed by atoms with E-state index in [1.54, 1.807) is 0 Å². The van der Waals surface area contributed by atoms with E-state index in [2.05, 4.69) is 50.0 Å². The molecule has 0 spiro atoms. The van der Waals surface area contributed by atoms with E-state index in [4.69, 9.17) is 11.6 Å². The van der Waals surface area contributed by atoms with Gasteiger partial charge in [0.1, 0.15) is 0 Å².